The Morgan fingerprint density at radius 3 is 2.62 bits per heavy atom. The second kappa shape index (κ2) is 6.03. The summed E-state index contributed by atoms with van der Waals surface area (Å²) < 4.78 is 26.3. The van der Waals surface area contributed by atoms with Crippen LogP contribution < -0.4 is 0 Å². The van der Waals surface area contributed by atoms with Crippen LogP contribution >= 0.6 is 11.6 Å². The Hall–Kier alpha value is -2.52. The van der Waals surface area contributed by atoms with Gasteiger partial charge in [0.15, 0.2) is 0 Å². The molecule has 1 aromatic heterocycles. The van der Waals surface area contributed by atoms with Crippen molar-refractivity contribution >= 4 is 17.5 Å². The summed E-state index contributed by atoms with van der Waals surface area (Å²) in [7, 11) is 0. The van der Waals surface area contributed by atoms with Crippen LogP contribution in [0.25, 0.3) is 11.1 Å². The number of carbonyl (C=O) groups excluding carboxylic acids is 1. The fraction of sp³-hybridized carbons (Fsp3) is 0.316. The lowest BCUT2D eigenvalue weighted by atomic mass is 9.95. The quantitative estimate of drug-likeness (QED) is 0.756. The van der Waals surface area contributed by atoms with Gasteiger partial charge in [0.2, 0.25) is 0 Å². The molecule has 1 aliphatic carbocycles. The van der Waals surface area contributed by atoms with Crippen molar-refractivity contribution in [1.29, 1.82) is 5.26 Å². The Morgan fingerprint density at radius 1 is 1.27 bits per heavy atom. The number of carbonyl (C=O) groups is 1. The Labute approximate surface area is 154 Å². The van der Waals surface area contributed by atoms with E-state index in [4.69, 9.17) is 16.9 Å². The maximum Gasteiger partial charge on any atom is 0.282 e. The Kier molecular flexibility index (Phi) is 3.92. The maximum absolute atomic E-state index is 13.2. The third-order valence-corrected chi connectivity index (χ3v) is 4.82. The summed E-state index contributed by atoms with van der Waals surface area (Å²) in [4.78, 5) is 18.1. The molecular formula is C19H14ClF2N3O. The third kappa shape index (κ3) is 3.15. The molecule has 2 heterocycles. The van der Waals surface area contributed by atoms with Crippen LogP contribution in [0.4, 0.5) is 8.78 Å². The number of nitrogens with zero attached hydrogens (tertiary/aromatic N) is 3. The van der Waals surface area contributed by atoms with E-state index in [9.17, 15) is 13.6 Å². The van der Waals surface area contributed by atoms with Crippen LogP contribution in [0, 0.1) is 11.3 Å². The highest BCUT2D eigenvalue weighted by atomic mass is 35.5. The zero-order valence-corrected chi connectivity index (χ0v) is 14.4. The second-order valence-electron chi connectivity index (χ2n) is 6.77. The lowest BCUT2D eigenvalue weighted by Gasteiger charge is -2.39. The number of hydrogen-bond donors (Lipinski definition) is 0. The molecule has 0 N–H and O–H groups in total. The predicted molar refractivity (Wildman–Crippen MR) is 92.2 cm³/mol. The van der Waals surface area contributed by atoms with Gasteiger partial charge in [0, 0.05) is 17.2 Å². The normalized spacial score (nSPS) is 18.2. The van der Waals surface area contributed by atoms with E-state index in [2.05, 4.69) is 4.98 Å². The number of benzene rings is 1. The topological polar surface area (TPSA) is 57.0 Å². The largest absolute Gasteiger partial charge is 0.326 e. The van der Waals surface area contributed by atoms with Crippen molar-refractivity contribution < 1.29 is 13.6 Å². The summed E-state index contributed by atoms with van der Waals surface area (Å²) in [6.45, 7) is -1.21. The summed E-state index contributed by atoms with van der Waals surface area (Å²) in [5, 5.41) is 9.46. The monoisotopic (exact) mass is 373 g/mol. The summed E-state index contributed by atoms with van der Waals surface area (Å²) >= 11 is 6.14. The van der Waals surface area contributed by atoms with Gasteiger partial charge in [-0.1, -0.05) is 17.7 Å². The first-order valence-electron chi connectivity index (χ1n) is 8.25. The fourth-order valence-electron chi connectivity index (χ4n) is 3.13. The van der Waals surface area contributed by atoms with E-state index >= 15 is 0 Å². The van der Waals surface area contributed by atoms with Crippen LogP contribution in [0.2, 0.25) is 5.15 Å². The van der Waals surface area contributed by atoms with Gasteiger partial charge in [-0.15, -0.1) is 0 Å². The van der Waals surface area contributed by atoms with E-state index < -0.39 is 24.9 Å². The zero-order valence-electron chi connectivity index (χ0n) is 13.7. The lowest BCUT2D eigenvalue weighted by molar-refractivity contribution is -0.113. The molecule has 1 aliphatic heterocycles. The van der Waals surface area contributed by atoms with Crippen molar-refractivity contribution in [3.05, 3.63) is 52.3 Å². The third-order valence-electron chi connectivity index (χ3n) is 4.63. The molecule has 2 fully saturated rings. The first kappa shape index (κ1) is 16.9. The molecule has 1 aromatic carbocycles. The van der Waals surface area contributed by atoms with Crippen molar-refractivity contribution in [2.45, 2.75) is 24.7 Å². The number of rotatable bonds is 3. The molecule has 0 unspecified atom stereocenters. The van der Waals surface area contributed by atoms with E-state index in [1.807, 2.05) is 12.1 Å². The Balaban J connectivity index is 1.77. The van der Waals surface area contributed by atoms with Gasteiger partial charge in [0.1, 0.15) is 5.15 Å². The van der Waals surface area contributed by atoms with Gasteiger partial charge in [0.25, 0.3) is 11.8 Å². The molecule has 1 saturated carbocycles. The highest BCUT2D eigenvalue weighted by Crippen LogP contribution is 2.41. The first-order chi connectivity index (χ1) is 12.4. The molecule has 0 spiro atoms. The van der Waals surface area contributed by atoms with Gasteiger partial charge in [0.05, 0.1) is 24.7 Å². The number of halogens is 3. The molecule has 1 amide bonds. The highest BCUT2D eigenvalue weighted by molar-refractivity contribution is 6.29. The van der Waals surface area contributed by atoms with Crippen molar-refractivity contribution in [1.82, 2.24) is 9.88 Å². The maximum atomic E-state index is 13.2. The number of nitriles is 1. The van der Waals surface area contributed by atoms with Crippen molar-refractivity contribution in [2.75, 3.05) is 13.1 Å². The smallest absolute Gasteiger partial charge is 0.282 e. The summed E-state index contributed by atoms with van der Waals surface area (Å²) in [5.41, 5.74) is 2.66. The molecule has 0 radical (unpaired) electrons. The van der Waals surface area contributed by atoms with Crippen LogP contribution in [0.15, 0.2) is 30.3 Å². The number of aromatic nitrogens is 1. The minimum atomic E-state index is -2.85. The number of amides is 1. The van der Waals surface area contributed by atoms with E-state index in [0.29, 0.717) is 27.8 Å². The van der Waals surface area contributed by atoms with Crippen molar-refractivity contribution in [2.24, 2.45) is 0 Å². The van der Waals surface area contributed by atoms with Gasteiger partial charge in [-0.25, -0.2) is 13.8 Å². The molecule has 26 heavy (non-hydrogen) atoms. The fourth-order valence-corrected chi connectivity index (χ4v) is 3.34. The number of hydrogen-bond acceptors (Lipinski definition) is 3. The number of likely N-dealkylation sites (tertiary alicyclic amines) is 1. The van der Waals surface area contributed by atoms with Gasteiger partial charge in [-0.2, -0.15) is 5.26 Å². The van der Waals surface area contributed by atoms with Gasteiger partial charge in [-0.05, 0) is 48.2 Å². The van der Waals surface area contributed by atoms with E-state index in [1.165, 1.54) is 6.07 Å². The minimum Gasteiger partial charge on any atom is -0.326 e. The average Bonchev–Trinajstić information content (AvgIpc) is 3.43. The van der Waals surface area contributed by atoms with Crippen molar-refractivity contribution in [3.8, 4) is 17.2 Å². The molecule has 2 aliphatic rings. The molecule has 1 saturated heterocycles. The molecule has 7 heteroatoms. The lowest BCUT2D eigenvalue weighted by Crippen LogP contribution is -2.58. The van der Waals surface area contributed by atoms with Crippen molar-refractivity contribution in [3.63, 3.8) is 0 Å². The highest BCUT2D eigenvalue weighted by Gasteiger charge is 2.46. The molecule has 0 bridgehead atoms. The second-order valence-corrected chi connectivity index (χ2v) is 7.15. The molecule has 132 valence electrons. The molecule has 4 rings (SSSR count). The van der Waals surface area contributed by atoms with Crippen LogP contribution in [0.1, 0.15) is 40.4 Å². The Morgan fingerprint density at radius 2 is 2.00 bits per heavy atom. The van der Waals surface area contributed by atoms with Crippen LogP contribution in [0.5, 0.6) is 0 Å². The minimum absolute atomic E-state index is 0.226. The van der Waals surface area contributed by atoms with Crippen LogP contribution in [-0.2, 0) is 0 Å². The zero-order chi connectivity index (χ0) is 18.5. The van der Waals surface area contributed by atoms with Crippen LogP contribution in [0.3, 0.4) is 0 Å². The summed E-state index contributed by atoms with van der Waals surface area (Å²) in [5.74, 6) is -2.98. The summed E-state index contributed by atoms with van der Waals surface area (Å²) in [6, 6.07) is 10.2. The van der Waals surface area contributed by atoms with Gasteiger partial charge in [-0.3, -0.25) is 4.79 Å². The van der Waals surface area contributed by atoms with Gasteiger partial charge < -0.3 is 4.90 Å². The van der Waals surface area contributed by atoms with Crippen LogP contribution in [-0.4, -0.2) is 34.8 Å². The number of alkyl halides is 2. The summed E-state index contributed by atoms with van der Waals surface area (Å²) in [6.07, 6.45) is 2.10. The SMILES string of the molecule is N#Cc1ccc(-c2cc(Cl)nc(C3CC3)c2)c(C(=O)N2CC(F)(F)C2)c1. The molecule has 0 atom stereocenters. The molecular weight excluding hydrogens is 360 g/mol. The average molecular weight is 374 g/mol. The molecule has 4 nitrogen and oxygen atoms in total. The van der Waals surface area contributed by atoms with E-state index in [-0.39, 0.29) is 5.56 Å². The molecule has 2 aromatic rings. The first-order valence-corrected chi connectivity index (χ1v) is 8.63. The number of pyridine rings is 1. The van der Waals surface area contributed by atoms with E-state index in [0.717, 1.165) is 23.4 Å². The Bertz CT molecular complexity index is 942. The van der Waals surface area contributed by atoms with E-state index in [1.54, 1.807) is 18.2 Å². The van der Waals surface area contributed by atoms with Gasteiger partial charge >= 0.3 is 0 Å². The standard InChI is InChI=1S/C19H14ClF2N3O/c20-17-7-13(6-16(24-17)12-2-3-12)14-4-1-11(8-23)5-15(14)18(26)25-9-19(21,22)10-25/h1,4-7,12H,2-3,9-10H2. The predicted octanol–water partition coefficient (Wildman–Crippen LogP) is 4.24.